The Kier molecular flexibility index (Phi) is 2.94. The highest BCUT2D eigenvalue weighted by molar-refractivity contribution is 5.74. The van der Waals surface area contributed by atoms with Crippen LogP contribution in [0.2, 0.25) is 0 Å². The van der Waals surface area contributed by atoms with Crippen LogP contribution in [0.1, 0.15) is 11.3 Å². The van der Waals surface area contributed by atoms with Gasteiger partial charge in [0.15, 0.2) is 11.4 Å². The zero-order valence-corrected chi connectivity index (χ0v) is 12.9. The van der Waals surface area contributed by atoms with Crippen molar-refractivity contribution in [2.24, 2.45) is 0 Å². The van der Waals surface area contributed by atoms with E-state index in [1.807, 2.05) is 43.3 Å². The Morgan fingerprint density at radius 2 is 1.87 bits per heavy atom. The molecule has 0 saturated heterocycles. The summed E-state index contributed by atoms with van der Waals surface area (Å²) in [6, 6.07) is 15.9. The molecule has 0 aliphatic rings. The molecule has 23 heavy (non-hydrogen) atoms. The standard InChI is InChI=1S/C18H16N4O/c1-11-5-3-4-6-14(11)13-9-16(19)22-17(10-13)20-18(21-22)15-8-7-12(2)23-15/h3-10H,19H2,1-2H3. The first-order valence-electron chi connectivity index (χ1n) is 7.41. The molecule has 0 atom stereocenters. The van der Waals surface area contributed by atoms with Crippen LogP contribution >= 0.6 is 0 Å². The highest BCUT2D eigenvalue weighted by Gasteiger charge is 2.13. The van der Waals surface area contributed by atoms with Gasteiger partial charge in [0.2, 0.25) is 5.82 Å². The second kappa shape index (κ2) is 4.98. The molecule has 0 radical (unpaired) electrons. The van der Waals surface area contributed by atoms with Crippen LogP contribution in [0.4, 0.5) is 5.82 Å². The van der Waals surface area contributed by atoms with Crippen molar-refractivity contribution >= 4 is 11.5 Å². The van der Waals surface area contributed by atoms with Crippen LogP contribution in [0.5, 0.6) is 0 Å². The van der Waals surface area contributed by atoms with Crippen molar-refractivity contribution in [3.05, 3.63) is 59.9 Å². The van der Waals surface area contributed by atoms with Gasteiger partial charge >= 0.3 is 0 Å². The molecule has 0 fully saturated rings. The summed E-state index contributed by atoms with van der Waals surface area (Å²) in [5, 5.41) is 4.44. The molecule has 0 aliphatic heterocycles. The maximum atomic E-state index is 6.17. The second-order valence-electron chi connectivity index (χ2n) is 5.60. The topological polar surface area (TPSA) is 69.3 Å². The van der Waals surface area contributed by atoms with Crippen LogP contribution < -0.4 is 5.73 Å². The van der Waals surface area contributed by atoms with Gasteiger partial charge in [-0.2, -0.15) is 4.52 Å². The molecule has 0 aliphatic carbocycles. The summed E-state index contributed by atoms with van der Waals surface area (Å²) in [4.78, 5) is 4.55. The SMILES string of the molecule is Cc1ccc(-c2nc3cc(-c4ccccc4C)cc(N)n3n2)o1. The molecular weight excluding hydrogens is 288 g/mol. The zero-order chi connectivity index (χ0) is 16.0. The van der Waals surface area contributed by atoms with Crippen LogP contribution in [0, 0.1) is 13.8 Å². The van der Waals surface area contributed by atoms with E-state index in [0.29, 0.717) is 23.0 Å². The summed E-state index contributed by atoms with van der Waals surface area (Å²) in [6.45, 7) is 3.97. The second-order valence-corrected chi connectivity index (χ2v) is 5.60. The summed E-state index contributed by atoms with van der Waals surface area (Å²) in [5.74, 6) is 2.55. The Labute approximate surface area is 133 Å². The van der Waals surface area contributed by atoms with Crippen molar-refractivity contribution in [3.8, 4) is 22.7 Å². The molecule has 0 spiro atoms. The van der Waals surface area contributed by atoms with Crippen molar-refractivity contribution in [3.63, 3.8) is 0 Å². The van der Waals surface area contributed by atoms with Crippen molar-refractivity contribution < 1.29 is 4.42 Å². The number of aromatic nitrogens is 3. The predicted octanol–water partition coefficient (Wildman–Crippen LogP) is 3.86. The van der Waals surface area contributed by atoms with Crippen molar-refractivity contribution in [1.29, 1.82) is 0 Å². The van der Waals surface area contributed by atoms with E-state index in [9.17, 15) is 0 Å². The molecule has 1 aromatic carbocycles. The van der Waals surface area contributed by atoms with Crippen LogP contribution in [0.25, 0.3) is 28.4 Å². The number of nitrogen functional groups attached to an aromatic ring is 1. The van der Waals surface area contributed by atoms with Gasteiger partial charge in [0.05, 0.1) is 0 Å². The first-order chi connectivity index (χ1) is 11.1. The monoisotopic (exact) mass is 304 g/mol. The lowest BCUT2D eigenvalue weighted by molar-refractivity contribution is 0.544. The fraction of sp³-hybridized carbons (Fsp3) is 0.111. The number of hydrogen-bond acceptors (Lipinski definition) is 4. The minimum Gasteiger partial charge on any atom is -0.458 e. The summed E-state index contributed by atoms with van der Waals surface area (Å²) >= 11 is 0. The molecule has 0 bridgehead atoms. The Morgan fingerprint density at radius 1 is 1.04 bits per heavy atom. The first kappa shape index (κ1) is 13.6. The maximum absolute atomic E-state index is 6.17. The van der Waals surface area contributed by atoms with E-state index >= 15 is 0 Å². The van der Waals surface area contributed by atoms with E-state index in [4.69, 9.17) is 10.2 Å². The molecule has 3 aromatic heterocycles. The fourth-order valence-electron chi connectivity index (χ4n) is 2.72. The number of nitrogens with two attached hydrogens (primary N) is 1. The average Bonchev–Trinajstić information content (AvgIpc) is 3.14. The number of anilines is 1. The number of benzene rings is 1. The van der Waals surface area contributed by atoms with Crippen LogP contribution in [-0.4, -0.2) is 14.6 Å². The summed E-state index contributed by atoms with van der Waals surface area (Å²) in [7, 11) is 0. The van der Waals surface area contributed by atoms with Gasteiger partial charge in [-0.3, -0.25) is 0 Å². The van der Waals surface area contributed by atoms with Gasteiger partial charge in [0.1, 0.15) is 11.6 Å². The fourth-order valence-corrected chi connectivity index (χ4v) is 2.72. The Balaban J connectivity index is 1.89. The highest BCUT2D eigenvalue weighted by atomic mass is 16.3. The summed E-state index contributed by atoms with van der Waals surface area (Å²) < 4.78 is 7.23. The van der Waals surface area contributed by atoms with Gasteiger partial charge in [-0.15, -0.1) is 5.10 Å². The molecule has 4 rings (SSSR count). The van der Waals surface area contributed by atoms with Crippen molar-refractivity contribution in [2.45, 2.75) is 13.8 Å². The number of aryl methyl sites for hydroxylation is 2. The third kappa shape index (κ3) is 2.26. The maximum Gasteiger partial charge on any atom is 0.217 e. The van der Waals surface area contributed by atoms with Crippen LogP contribution in [-0.2, 0) is 0 Å². The number of fused-ring (bicyclic) bond motifs is 1. The smallest absolute Gasteiger partial charge is 0.217 e. The lowest BCUT2D eigenvalue weighted by atomic mass is 10.0. The van der Waals surface area contributed by atoms with Gasteiger partial charge in [-0.1, -0.05) is 24.3 Å². The van der Waals surface area contributed by atoms with E-state index in [-0.39, 0.29) is 0 Å². The Hall–Kier alpha value is -3.08. The molecule has 0 saturated carbocycles. The summed E-state index contributed by atoms with van der Waals surface area (Å²) in [5.41, 5.74) is 10.2. The quantitative estimate of drug-likeness (QED) is 0.610. The summed E-state index contributed by atoms with van der Waals surface area (Å²) in [6.07, 6.45) is 0. The minimum atomic E-state index is 0.534. The Bertz CT molecular complexity index is 1010. The molecule has 0 unspecified atom stereocenters. The van der Waals surface area contributed by atoms with Crippen LogP contribution in [0.15, 0.2) is 52.9 Å². The van der Waals surface area contributed by atoms with E-state index < -0.39 is 0 Å². The van der Waals surface area contributed by atoms with Gasteiger partial charge in [0, 0.05) is 0 Å². The molecule has 5 heteroatoms. The third-order valence-electron chi connectivity index (χ3n) is 3.88. The number of hydrogen-bond donors (Lipinski definition) is 1. The number of furan rings is 1. The third-order valence-corrected chi connectivity index (χ3v) is 3.88. The van der Waals surface area contributed by atoms with E-state index in [1.165, 1.54) is 5.56 Å². The van der Waals surface area contributed by atoms with Gasteiger partial charge in [-0.05, 0) is 54.8 Å². The number of rotatable bonds is 2. The normalized spacial score (nSPS) is 11.2. The van der Waals surface area contributed by atoms with Gasteiger partial charge in [-0.25, -0.2) is 4.98 Å². The lowest BCUT2D eigenvalue weighted by Crippen LogP contribution is -1.99. The first-order valence-corrected chi connectivity index (χ1v) is 7.41. The molecule has 5 nitrogen and oxygen atoms in total. The largest absolute Gasteiger partial charge is 0.458 e. The molecule has 3 heterocycles. The van der Waals surface area contributed by atoms with Crippen molar-refractivity contribution in [2.75, 3.05) is 5.73 Å². The molecule has 0 amide bonds. The van der Waals surface area contributed by atoms with E-state index in [0.717, 1.165) is 16.9 Å². The minimum absolute atomic E-state index is 0.534. The highest BCUT2D eigenvalue weighted by Crippen LogP contribution is 2.27. The number of pyridine rings is 1. The van der Waals surface area contributed by atoms with E-state index in [2.05, 4.69) is 29.1 Å². The molecule has 2 N–H and O–H groups in total. The van der Waals surface area contributed by atoms with Crippen LogP contribution in [0.3, 0.4) is 0 Å². The van der Waals surface area contributed by atoms with E-state index in [1.54, 1.807) is 4.52 Å². The number of nitrogens with zero attached hydrogens (tertiary/aromatic N) is 3. The molecule has 4 aromatic rings. The average molecular weight is 304 g/mol. The molecule has 114 valence electrons. The van der Waals surface area contributed by atoms with Crippen molar-refractivity contribution in [1.82, 2.24) is 14.6 Å². The molecular formula is C18H16N4O. The lowest BCUT2D eigenvalue weighted by Gasteiger charge is -2.07. The van der Waals surface area contributed by atoms with Gasteiger partial charge in [0.25, 0.3) is 0 Å². The predicted molar refractivity (Wildman–Crippen MR) is 90.0 cm³/mol. The zero-order valence-electron chi connectivity index (χ0n) is 12.9. The Morgan fingerprint density at radius 3 is 2.61 bits per heavy atom. The van der Waals surface area contributed by atoms with Gasteiger partial charge < -0.3 is 10.2 Å².